The van der Waals surface area contributed by atoms with Crippen LogP contribution in [0, 0.1) is 5.92 Å². The van der Waals surface area contributed by atoms with Gasteiger partial charge >= 0.3 is 0 Å². The van der Waals surface area contributed by atoms with Crippen LogP contribution in [0.3, 0.4) is 0 Å². The number of aliphatic hydroxyl groups is 1. The number of hydrogen-bond donors (Lipinski definition) is 2. The van der Waals surface area contributed by atoms with Gasteiger partial charge in [0, 0.05) is 25.7 Å². The first-order valence-electron chi connectivity index (χ1n) is 8.00. The van der Waals surface area contributed by atoms with Crippen molar-refractivity contribution < 1.29 is 9.90 Å². The van der Waals surface area contributed by atoms with E-state index < -0.39 is 0 Å². The van der Waals surface area contributed by atoms with E-state index in [1.807, 2.05) is 6.92 Å². The van der Waals surface area contributed by atoms with E-state index >= 15 is 0 Å². The quantitative estimate of drug-likeness (QED) is 0.761. The van der Waals surface area contributed by atoms with Gasteiger partial charge in [-0.05, 0) is 45.2 Å². The highest BCUT2D eigenvalue weighted by molar-refractivity contribution is 5.78. The van der Waals surface area contributed by atoms with Crippen LogP contribution < -0.4 is 5.32 Å². The fraction of sp³-hybridized carbons (Fsp3) is 0.933. The maximum atomic E-state index is 12.1. The zero-order valence-corrected chi connectivity index (χ0v) is 12.8. The van der Waals surface area contributed by atoms with Crippen LogP contribution in [0.1, 0.15) is 33.1 Å². The fourth-order valence-electron chi connectivity index (χ4n) is 3.27. The summed E-state index contributed by atoms with van der Waals surface area (Å²) in [6, 6.07) is 0.348. The Morgan fingerprint density at radius 1 is 1.25 bits per heavy atom. The van der Waals surface area contributed by atoms with E-state index in [9.17, 15) is 9.90 Å². The first-order valence-corrected chi connectivity index (χ1v) is 8.00. The highest BCUT2D eigenvalue weighted by atomic mass is 16.3. The summed E-state index contributed by atoms with van der Waals surface area (Å²) in [6.45, 7) is 9.58. The van der Waals surface area contributed by atoms with E-state index in [1.165, 1.54) is 0 Å². The van der Waals surface area contributed by atoms with Crippen LogP contribution >= 0.6 is 0 Å². The smallest absolute Gasteiger partial charge is 0.234 e. The lowest BCUT2D eigenvalue weighted by molar-refractivity contribution is -0.123. The Kier molecular flexibility index (Phi) is 5.81. The van der Waals surface area contributed by atoms with Crippen molar-refractivity contribution in [2.75, 3.05) is 39.3 Å². The molecule has 20 heavy (non-hydrogen) atoms. The van der Waals surface area contributed by atoms with Gasteiger partial charge < -0.3 is 15.3 Å². The largest absolute Gasteiger partial charge is 0.393 e. The molecule has 2 atom stereocenters. The van der Waals surface area contributed by atoms with Crippen LogP contribution in [0.25, 0.3) is 0 Å². The third-order valence-electron chi connectivity index (χ3n) is 4.76. The predicted molar refractivity (Wildman–Crippen MR) is 79.5 cm³/mol. The average Bonchev–Trinajstić information content (AvgIpc) is 2.88. The summed E-state index contributed by atoms with van der Waals surface area (Å²) in [7, 11) is 0. The normalized spacial score (nSPS) is 27.6. The van der Waals surface area contributed by atoms with Crippen molar-refractivity contribution in [3.05, 3.63) is 0 Å². The molecule has 2 rings (SSSR count). The third-order valence-corrected chi connectivity index (χ3v) is 4.76. The standard InChI is InChI=1S/C15H29N3O2/c1-3-17-8-5-14(6-9-17)16-15(20)11-18-7-4-13(10-18)12(2)19/h12-14,19H,3-11H2,1-2H3,(H,16,20). The number of hydrogen-bond acceptors (Lipinski definition) is 4. The van der Waals surface area contributed by atoms with Gasteiger partial charge in [0.15, 0.2) is 0 Å². The number of carbonyl (C=O) groups is 1. The van der Waals surface area contributed by atoms with Crippen molar-refractivity contribution in [3.8, 4) is 0 Å². The van der Waals surface area contributed by atoms with Gasteiger partial charge in [-0.15, -0.1) is 0 Å². The first kappa shape index (κ1) is 15.7. The van der Waals surface area contributed by atoms with Gasteiger partial charge in [0.05, 0.1) is 12.6 Å². The van der Waals surface area contributed by atoms with E-state index in [2.05, 4.69) is 22.0 Å². The molecule has 1 amide bonds. The van der Waals surface area contributed by atoms with E-state index in [1.54, 1.807) is 0 Å². The molecule has 0 spiro atoms. The Bertz CT molecular complexity index is 314. The molecule has 2 aliphatic heterocycles. The molecule has 2 heterocycles. The minimum atomic E-state index is -0.263. The van der Waals surface area contributed by atoms with E-state index in [4.69, 9.17) is 0 Å². The molecule has 2 aliphatic rings. The number of nitrogens with one attached hydrogen (secondary N) is 1. The number of carbonyl (C=O) groups excluding carboxylic acids is 1. The second kappa shape index (κ2) is 7.38. The molecular formula is C15H29N3O2. The predicted octanol–water partition coefficient (Wildman–Crippen LogP) is 0.290. The number of piperidine rings is 1. The Morgan fingerprint density at radius 3 is 2.45 bits per heavy atom. The summed E-state index contributed by atoms with van der Waals surface area (Å²) in [6.07, 6.45) is 2.87. The van der Waals surface area contributed by atoms with Crippen molar-refractivity contribution in [1.29, 1.82) is 0 Å². The molecule has 5 heteroatoms. The lowest BCUT2D eigenvalue weighted by atomic mass is 10.0. The molecule has 0 radical (unpaired) electrons. The van der Waals surface area contributed by atoms with Crippen LogP contribution in [0.4, 0.5) is 0 Å². The van der Waals surface area contributed by atoms with Crippen molar-refractivity contribution >= 4 is 5.91 Å². The number of aliphatic hydroxyl groups excluding tert-OH is 1. The van der Waals surface area contributed by atoms with E-state index in [0.717, 1.165) is 52.0 Å². The molecular weight excluding hydrogens is 254 g/mol. The molecule has 0 saturated carbocycles. The fourth-order valence-corrected chi connectivity index (χ4v) is 3.27. The summed E-state index contributed by atoms with van der Waals surface area (Å²) in [4.78, 5) is 16.7. The Labute approximate surface area is 122 Å². The number of amides is 1. The van der Waals surface area contributed by atoms with Crippen LogP contribution in [-0.4, -0.2) is 72.2 Å². The highest BCUT2D eigenvalue weighted by Gasteiger charge is 2.27. The second-order valence-electron chi connectivity index (χ2n) is 6.30. The topological polar surface area (TPSA) is 55.8 Å². The maximum Gasteiger partial charge on any atom is 0.234 e. The van der Waals surface area contributed by atoms with Gasteiger partial charge in [-0.3, -0.25) is 9.69 Å². The summed E-state index contributed by atoms with van der Waals surface area (Å²) in [5, 5.41) is 12.7. The van der Waals surface area contributed by atoms with Gasteiger partial charge in [0.2, 0.25) is 5.91 Å². The van der Waals surface area contributed by atoms with Crippen molar-refractivity contribution in [2.45, 2.75) is 45.3 Å². The third kappa shape index (κ3) is 4.43. The lowest BCUT2D eigenvalue weighted by Crippen LogP contribution is -2.47. The average molecular weight is 283 g/mol. The van der Waals surface area contributed by atoms with Crippen molar-refractivity contribution in [1.82, 2.24) is 15.1 Å². The SMILES string of the molecule is CCN1CCC(NC(=O)CN2CCC(C(C)O)C2)CC1. The Hall–Kier alpha value is -0.650. The Morgan fingerprint density at radius 2 is 1.90 bits per heavy atom. The van der Waals surface area contributed by atoms with Gasteiger partial charge in [-0.2, -0.15) is 0 Å². The minimum absolute atomic E-state index is 0.145. The molecule has 116 valence electrons. The molecule has 2 unspecified atom stereocenters. The molecule has 2 fully saturated rings. The molecule has 0 aliphatic carbocycles. The Balaban J connectivity index is 1.66. The number of rotatable bonds is 5. The monoisotopic (exact) mass is 283 g/mol. The lowest BCUT2D eigenvalue weighted by Gasteiger charge is -2.31. The summed E-state index contributed by atoms with van der Waals surface area (Å²) >= 11 is 0. The van der Waals surface area contributed by atoms with Crippen LogP contribution in [0.5, 0.6) is 0 Å². The highest BCUT2D eigenvalue weighted by Crippen LogP contribution is 2.19. The molecule has 5 nitrogen and oxygen atoms in total. The number of nitrogens with zero attached hydrogens (tertiary/aromatic N) is 2. The van der Waals surface area contributed by atoms with E-state index in [-0.39, 0.29) is 12.0 Å². The van der Waals surface area contributed by atoms with Crippen LogP contribution in [0.2, 0.25) is 0 Å². The van der Waals surface area contributed by atoms with Crippen molar-refractivity contribution in [3.63, 3.8) is 0 Å². The zero-order chi connectivity index (χ0) is 14.5. The van der Waals surface area contributed by atoms with Gasteiger partial charge in [-0.1, -0.05) is 6.92 Å². The van der Waals surface area contributed by atoms with Crippen LogP contribution in [0.15, 0.2) is 0 Å². The van der Waals surface area contributed by atoms with E-state index in [0.29, 0.717) is 18.5 Å². The maximum absolute atomic E-state index is 12.1. The number of likely N-dealkylation sites (tertiary alicyclic amines) is 2. The molecule has 0 bridgehead atoms. The van der Waals surface area contributed by atoms with Gasteiger partial charge in [0.1, 0.15) is 0 Å². The summed E-state index contributed by atoms with van der Waals surface area (Å²) in [5.74, 6) is 0.474. The van der Waals surface area contributed by atoms with Crippen molar-refractivity contribution in [2.24, 2.45) is 5.92 Å². The molecule has 2 N–H and O–H groups in total. The molecule has 0 aromatic carbocycles. The van der Waals surface area contributed by atoms with Gasteiger partial charge in [-0.25, -0.2) is 0 Å². The zero-order valence-electron chi connectivity index (χ0n) is 12.8. The minimum Gasteiger partial charge on any atom is -0.393 e. The molecule has 0 aromatic heterocycles. The second-order valence-corrected chi connectivity index (χ2v) is 6.30. The van der Waals surface area contributed by atoms with Crippen LogP contribution in [-0.2, 0) is 4.79 Å². The van der Waals surface area contributed by atoms with Gasteiger partial charge in [0.25, 0.3) is 0 Å². The molecule has 0 aromatic rings. The first-order chi connectivity index (χ1) is 9.58. The summed E-state index contributed by atoms with van der Waals surface area (Å²) in [5.41, 5.74) is 0. The molecule has 2 saturated heterocycles. The summed E-state index contributed by atoms with van der Waals surface area (Å²) < 4.78 is 0.